The maximum absolute atomic E-state index is 5.24. The van der Waals surface area contributed by atoms with Crippen molar-refractivity contribution in [2.24, 2.45) is 5.84 Å². The van der Waals surface area contributed by atoms with Crippen molar-refractivity contribution < 1.29 is 0 Å². The van der Waals surface area contributed by atoms with Crippen LogP contribution < -0.4 is 11.3 Å². The summed E-state index contributed by atoms with van der Waals surface area (Å²) in [4.78, 5) is 2.40. The second-order valence-electron chi connectivity index (χ2n) is 3.03. The molecule has 5 nitrogen and oxygen atoms in total. The fourth-order valence-electron chi connectivity index (χ4n) is 1.33. The number of hydrazine groups is 1. The molecule has 0 aliphatic carbocycles. The Morgan fingerprint density at radius 2 is 2.14 bits per heavy atom. The van der Waals surface area contributed by atoms with E-state index in [4.69, 9.17) is 5.84 Å². The zero-order valence-electron chi connectivity index (χ0n) is 7.77. The first kappa shape index (κ1) is 10.2. The molecule has 1 aromatic rings. The van der Waals surface area contributed by atoms with Crippen LogP contribution in [-0.2, 0) is 6.54 Å². The van der Waals surface area contributed by atoms with Gasteiger partial charge in [0.05, 0.1) is 6.54 Å². The predicted molar refractivity (Wildman–Crippen MR) is 60.3 cm³/mol. The van der Waals surface area contributed by atoms with Gasteiger partial charge in [-0.05, 0) is 0 Å². The normalized spacial score (nSPS) is 18.4. The highest BCUT2D eigenvalue weighted by Crippen LogP contribution is 2.17. The van der Waals surface area contributed by atoms with Crippen LogP contribution in [0, 0.1) is 0 Å². The molecule has 1 aliphatic rings. The summed E-state index contributed by atoms with van der Waals surface area (Å²) in [7, 11) is 0. The average molecular weight is 231 g/mol. The molecule has 1 aliphatic heterocycles. The third-order valence-corrected chi connectivity index (χ3v) is 3.83. The van der Waals surface area contributed by atoms with Gasteiger partial charge in [0.15, 0.2) is 0 Å². The fourth-order valence-corrected chi connectivity index (χ4v) is 3.00. The van der Waals surface area contributed by atoms with Crippen LogP contribution in [0.5, 0.6) is 0 Å². The van der Waals surface area contributed by atoms with E-state index >= 15 is 0 Å². The molecule has 14 heavy (non-hydrogen) atoms. The molecule has 1 saturated heterocycles. The van der Waals surface area contributed by atoms with Gasteiger partial charge in [-0.25, -0.2) is 5.84 Å². The molecule has 1 aromatic heterocycles. The van der Waals surface area contributed by atoms with Gasteiger partial charge in [-0.2, -0.15) is 11.8 Å². The van der Waals surface area contributed by atoms with E-state index in [0.29, 0.717) is 5.13 Å². The van der Waals surface area contributed by atoms with Crippen LogP contribution in [0.4, 0.5) is 5.13 Å². The van der Waals surface area contributed by atoms with E-state index in [9.17, 15) is 0 Å². The number of nitrogens with zero attached hydrogens (tertiary/aromatic N) is 3. The summed E-state index contributed by atoms with van der Waals surface area (Å²) >= 11 is 3.53. The van der Waals surface area contributed by atoms with Crippen molar-refractivity contribution in [3.63, 3.8) is 0 Å². The summed E-state index contributed by atoms with van der Waals surface area (Å²) in [5.41, 5.74) is 2.51. The van der Waals surface area contributed by atoms with E-state index in [1.807, 2.05) is 11.8 Å². The Labute approximate surface area is 91.0 Å². The minimum Gasteiger partial charge on any atom is -0.298 e. The zero-order valence-corrected chi connectivity index (χ0v) is 9.40. The van der Waals surface area contributed by atoms with Gasteiger partial charge in [0, 0.05) is 24.6 Å². The Morgan fingerprint density at radius 3 is 2.79 bits per heavy atom. The molecule has 0 unspecified atom stereocenters. The van der Waals surface area contributed by atoms with Crippen molar-refractivity contribution in [3.8, 4) is 0 Å². The lowest BCUT2D eigenvalue weighted by atomic mass is 10.5. The maximum Gasteiger partial charge on any atom is 0.219 e. The van der Waals surface area contributed by atoms with Gasteiger partial charge in [0.2, 0.25) is 5.13 Å². The number of nitrogen functional groups attached to an aromatic ring is 1. The Balaban J connectivity index is 1.89. The fraction of sp³-hybridized carbons (Fsp3) is 0.714. The molecular weight excluding hydrogens is 218 g/mol. The van der Waals surface area contributed by atoms with E-state index in [0.717, 1.165) is 24.6 Å². The molecule has 0 bridgehead atoms. The molecule has 0 amide bonds. The molecule has 0 saturated carbocycles. The lowest BCUT2D eigenvalue weighted by Gasteiger charge is -2.24. The van der Waals surface area contributed by atoms with Crippen LogP contribution in [0.2, 0.25) is 0 Å². The van der Waals surface area contributed by atoms with Crippen molar-refractivity contribution in [3.05, 3.63) is 5.01 Å². The SMILES string of the molecule is NNc1nnc(CN2CCSCC2)s1. The van der Waals surface area contributed by atoms with Crippen LogP contribution in [0.3, 0.4) is 0 Å². The van der Waals surface area contributed by atoms with Crippen LogP contribution in [-0.4, -0.2) is 39.7 Å². The maximum atomic E-state index is 5.24. The van der Waals surface area contributed by atoms with E-state index < -0.39 is 0 Å². The molecule has 0 spiro atoms. The summed E-state index contributed by atoms with van der Waals surface area (Å²) in [6.45, 7) is 3.20. The number of anilines is 1. The quantitative estimate of drug-likeness (QED) is 0.579. The number of aromatic nitrogens is 2. The predicted octanol–water partition coefficient (Wildman–Crippen LogP) is 0.373. The largest absolute Gasteiger partial charge is 0.298 e. The second kappa shape index (κ2) is 4.92. The molecule has 0 aromatic carbocycles. The lowest BCUT2D eigenvalue weighted by Crippen LogP contribution is -2.31. The Bertz CT molecular complexity index is 283. The number of rotatable bonds is 3. The van der Waals surface area contributed by atoms with E-state index in [1.165, 1.54) is 22.8 Å². The minimum absolute atomic E-state index is 0.686. The monoisotopic (exact) mass is 231 g/mol. The lowest BCUT2D eigenvalue weighted by molar-refractivity contribution is 0.293. The minimum atomic E-state index is 0.686. The van der Waals surface area contributed by atoms with Crippen LogP contribution in [0.15, 0.2) is 0 Å². The van der Waals surface area contributed by atoms with Gasteiger partial charge in [0.25, 0.3) is 0 Å². The highest BCUT2D eigenvalue weighted by molar-refractivity contribution is 7.99. The number of hydrogen-bond donors (Lipinski definition) is 2. The Morgan fingerprint density at radius 1 is 1.36 bits per heavy atom. The van der Waals surface area contributed by atoms with Crippen molar-refractivity contribution in [1.29, 1.82) is 0 Å². The molecule has 78 valence electrons. The second-order valence-corrected chi connectivity index (χ2v) is 5.32. The Hall–Kier alpha value is -0.370. The number of nitrogens with one attached hydrogen (secondary N) is 1. The third kappa shape index (κ3) is 2.57. The first-order valence-corrected chi connectivity index (χ1v) is 6.44. The molecular formula is C7H13N5S2. The van der Waals surface area contributed by atoms with Crippen LogP contribution >= 0.6 is 23.1 Å². The van der Waals surface area contributed by atoms with Crippen LogP contribution in [0.25, 0.3) is 0 Å². The molecule has 1 fully saturated rings. The van der Waals surface area contributed by atoms with Crippen molar-refractivity contribution in [1.82, 2.24) is 15.1 Å². The summed E-state index contributed by atoms with van der Waals surface area (Å²) < 4.78 is 0. The number of nitrogens with two attached hydrogens (primary N) is 1. The number of hydrogen-bond acceptors (Lipinski definition) is 7. The molecule has 7 heteroatoms. The highest BCUT2D eigenvalue weighted by atomic mass is 32.2. The summed E-state index contributed by atoms with van der Waals surface area (Å²) in [6, 6.07) is 0. The number of thioether (sulfide) groups is 1. The first-order chi connectivity index (χ1) is 6.88. The molecule has 2 heterocycles. The standard InChI is InChI=1S/C7H13N5S2/c8-9-7-11-10-6(14-7)5-12-1-3-13-4-2-12/h1-5,8H2,(H,9,11). The van der Waals surface area contributed by atoms with Gasteiger partial charge >= 0.3 is 0 Å². The topological polar surface area (TPSA) is 67.1 Å². The first-order valence-electron chi connectivity index (χ1n) is 4.47. The van der Waals surface area contributed by atoms with Crippen molar-refractivity contribution in [2.45, 2.75) is 6.54 Å². The third-order valence-electron chi connectivity index (χ3n) is 2.05. The van der Waals surface area contributed by atoms with Crippen molar-refractivity contribution >= 4 is 28.2 Å². The van der Waals surface area contributed by atoms with E-state index in [-0.39, 0.29) is 0 Å². The summed E-state index contributed by atoms with van der Waals surface area (Å²) in [6.07, 6.45) is 0. The van der Waals surface area contributed by atoms with Gasteiger partial charge in [0.1, 0.15) is 5.01 Å². The average Bonchev–Trinajstić information content (AvgIpc) is 2.67. The van der Waals surface area contributed by atoms with Crippen molar-refractivity contribution in [2.75, 3.05) is 30.0 Å². The summed E-state index contributed by atoms with van der Waals surface area (Å²) in [5, 5.41) is 9.68. The van der Waals surface area contributed by atoms with Crippen LogP contribution in [0.1, 0.15) is 5.01 Å². The van der Waals surface area contributed by atoms with Gasteiger partial charge in [-0.3, -0.25) is 10.3 Å². The molecule has 3 N–H and O–H groups in total. The molecule has 2 rings (SSSR count). The molecule has 0 atom stereocenters. The van der Waals surface area contributed by atoms with E-state index in [2.05, 4.69) is 20.5 Å². The molecule has 0 radical (unpaired) electrons. The van der Waals surface area contributed by atoms with Gasteiger partial charge in [-0.1, -0.05) is 11.3 Å². The summed E-state index contributed by atoms with van der Waals surface area (Å²) in [5.74, 6) is 7.68. The van der Waals surface area contributed by atoms with Gasteiger partial charge < -0.3 is 0 Å². The van der Waals surface area contributed by atoms with Gasteiger partial charge in [-0.15, -0.1) is 10.2 Å². The Kier molecular flexibility index (Phi) is 3.57. The highest BCUT2D eigenvalue weighted by Gasteiger charge is 2.13. The smallest absolute Gasteiger partial charge is 0.219 e. The van der Waals surface area contributed by atoms with E-state index in [1.54, 1.807) is 0 Å². The zero-order chi connectivity index (χ0) is 9.80.